The van der Waals surface area contributed by atoms with Crippen molar-refractivity contribution >= 4 is 17.7 Å². The Kier molecular flexibility index (Phi) is 2.47. The van der Waals surface area contributed by atoms with Gasteiger partial charge in [0.25, 0.3) is 0 Å². The second-order valence-corrected chi connectivity index (χ2v) is 7.26. The average Bonchev–Trinajstić information content (AvgIpc) is 2.86. The lowest BCUT2D eigenvalue weighted by molar-refractivity contribution is -0.194. The van der Waals surface area contributed by atoms with Gasteiger partial charge in [-0.3, -0.25) is 4.79 Å². The van der Waals surface area contributed by atoms with Crippen LogP contribution in [-0.4, -0.2) is 35.9 Å². The normalized spacial score (nSPS) is 44.0. The lowest BCUT2D eigenvalue weighted by Gasteiger charge is -2.64. The van der Waals surface area contributed by atoms with Crippen molar-refractivity contribution in [3.63, 3.8) is 0 Å². The number of hydrogen-bond acceptors (Lipinski definition) is 5. The number of ether oxygens (including phenoxy) is 2. The van der Waals surface area contributed by atoms with Crippen LogP contribution in [0.4, 0.5) is 8.78 Å². The summed E-state index contributed by atoms with van der Waals surface area (Å²) in [5.74, 6) is -5.33. The van der Waals surface area contributed by atoms with E-state index < -0.39 is 30.1 Å². The van der Waals surface area contributed by atoms with Crippen molar-refractivity contribution in [1.82, 2.24) is 0 Å². The van der Waals surface area contributed by atoms with Crippen molar-refractivity contribution in [2.75, 3.05) is 6.61 Å². The van der Waals surface area contributed by atoms with E-state index >= 15 is 0 Å². The van der Waals surface area contributed by atoms with Crippen LogP contribution in [0.1, 0.15) is 32.6 Å². The Labute approximate surface area is 125 Å². The summed E-state index contributed by atoms with van der Waals surface area (Å²) in [6.07, 6.45) is 2.83. The van der Waals surface area contributed by atoms with E-state index in [1.807, 2.05) is 0 Å². The zero-order chi connectivity index (χ0) is 15.9. The van der Waals surface area contributed by atoms with Crippen molar-refractivity contribution < 1.29 is 32.6 Å². The molecule has 7 heteroatoms. The van der Waals surface area contributed by atoms with Gasteiger partial charge in [-0.2, -0.15) is 8.78 Å². The van der Waals surface area contributed by atoms with Crippen molar-refractivity contribution in [1.29, 1.82) is 0 Å². The third kappa shape index (κ3) is 1.54. The molecular formula is C15H16F2O5. The summed E-state index contributed by atoms with van der Waals surface area (Å²) in [6.45, 7) is -0.405. The maximum absolute atomic E-state index is 12.7. The zero-order valence-electron chi connectivity index (χ0n) is 12.1. The highest BCUT2D eigenvalue weighted by atomic mass is 19.3. The molecule has 4 aliphatic rings. The molecule has 5 unspecified atom stereocenters. The number of carbonyl (C=O) groups excluding carboxylic acids is 3. The molecule has 0 radical (unpaired) electrons. The van der Waals surface area contributed by atoms with Gasteiger partial charge in [0.05, 0.1) is 0 Å². The molecule has 4 saturated carbocycles. The smallest absolute Gasteiger partial charge is 0.377 e. The molecule has 5 atom stereocenters. The molecular weight excluding hydrogens is 298 g/mol. The second-order valence-electron chi connectivity index (χ2n) is 7.26. The van der Waals surface area contributed by atoms with E-state index in [1.165, 1.54) is 0 Å². The van der Waals surface area contributed by atoms with Crippen LogP contribution in [0.2, 0.25) is 0 Å². The molecule has 22 heavy (non-hydrogen) atoms. The zero-order valence-corrected chi connectivity index (χ0v) is 12.1. The molecule has 0 aromatic heterocycles. The number of ketones is 1. The Bertz CT molecular complexity index is 597. The number of esters is 2. The van der Waals surface area contributed by atoms with Gasteiger partial charge in [-0.1, -0.05) is 0 Å². The third-order valence-corrected chi connectivity index (χ3v) is 6.10. The Morgan fingerprint density at radius 3 is 2.68 bits per heavy atom. The number of alkyl halides is 2. The van der Waals surface area contributed by atoms with Gasteiger partial charge < -0.3 is 9.47 Å². The maximum Gasteiger partial charge on any atom is 0.377 e. The van der Waals surface area contributed by atoms with Crippen molar-refractivity contribution in [2.24, 2.45) is 23.2 Å². The van der Waals surface area contributed by atoms with Gasteiger partial charge in [-0.05, 0) is 37.0 Å². The minimum atomic E-state index is -3.63. The van der Waals surface area contributed by atoms with E-state index in [4.69, 9.17) is 4.74 Å². The molecule has 5 nitrogen and oxygen atoms in total. The fourth-order valence-corrected chi connectivity index (χ4v) is 5.37. The molecule has 4 rings (SSSR count). The van der Waals surface area contributed by atoms with Gasteiger partial charge in [-0.25, -0.2) is 9.59 Å². The average molecular weight is 314 g/mol. The number of hydrogen-bond donors (Lipinski definition) is 0. The first-order chi connectivity index (χ1) is 10.2. The van der Waals surface area contributed by atoms with Crippen LogP contribution >= 0.6 is 0 Å². The molecule has 0 amide bonds. The first kappa shape index (κ1) is 14.1. The molecule has 1 spiro atoms. The number of rotatable bonds is 4. The summed E-state index contributed by atoms with van der Waals surface area (Å²) in [5, 5.41) is 0. The summed E-state index contributed by atoms with van der Waals surface area (Å²) in [6, 6.07) is 0. The molecule has 2 bridgehead atoms. The summed E-state index contributed by atoms with van der Waals surface area (Å²) < 4.78 is 35.1. The van der Waals surface area contributed by atoms with Crippen molar-refractivity contribution in [3.8, 4) is 0 Å². The molecule has 0 saturated heterocycles. The lowest BCUT2D eigenvalue weighted by Crippen LogP contribution is -2.66. The van der Waals surface area contributed by atoms with E-state index in [2.05, 4.69) is 4.74 Å². The number of Topliss-reactive ketones (excluding diaryl/α,β-unsaturated/α-hetero) is 1. The molecule has 0 aromatic rings. The molecule has 0 heterocycles. The minimum Gasteiger partial charge on any atom is -0.456 e. The predicted molar refractivity (Wildman–Crippen MR) is 66.8 cm³/mol. The largest absolute Gasteiger partial charge is 0.456 e. The van der Waals surface area contributed by atoms with Crippen molar-refractivity contribution in [3.05, 3.63) is 0 Å². The number of halogens is 2. The lowest BCUT2D eigenvalue weighted by atomic mass is 9.38. The van der Waals surface area contributed by atoms with Crippen LogP contribution in [0.15, 0.2) is 0 Å². The van der Waals surface area contributed by atoms with Gasteiger partial charge >= 0.3 is 17.9 Å². The topological polar surface area (TPSA) is 69.7 Å². The molecule has 120 valence electrons. The maximum atomic E-state index is 12.7. The first-order valence-corrected chi connectivity index (χ1v) is 7.49. The number of carbonyl (C=O) groups is 3. The van der Waals surface area contributed by atoms with Crippen LogP contribution in [0.5, 0.6) is 0 Å². The van der Waals surface area contributed by atoms with Crippen molar-refractivity contribution in [2.45, 2.75) is 44.1 Å². The minimum absolute atomic E-state index is 0.000301. The first-order valence-electron chi connectivity index (χ1n) is 7.49. The SMILES string of the molecule is CC(F)(F)C(=O)OCC(=O)OC12CC3CC4C(=O)C(C1)C34C2. The van der Waals surface area contributed by atoms with Gasteiger partial charge in [0.2, 0.25) is 0 Å². The fourth-order valence-electron chi connectivity index (χ4n) is 5.37. The van der Waals surface area contributed by atoms with E-state index in [-0.39, 0.29) is 23.0 Å². The summed E-state index contributed by atoms with van der Waals surface area (Å²) in [5.41, 5.74) is -0.612. The van der Waals surface area contributed by atoms with Gasteiger partial charge in [0.15, 0.2) is 6.61 Å². The fraction of sp³-hybridized carbons (Fsp3) is 0.800. The summed E-state index contributed by atoms with van der Waals surface area (Å²) in [7, 11) is 0. The quantitative estimate of drug-likeness (QED) is 0.735. The van der Waals surface area contributed by atoms with Crippen LogP contribution in [0.25, 0.3) is 0 Å². The number of fused-ring (bicyclic) bond motifs is 1. The van der Waals surface area contributed by atoms with Crippen LogP contribution in [-0.2, 0) is 23.9 Å². The predicted octanol–water partition coefficient (Wildman–Crippen LogP) is 1.49. The van der Waals surface area contributed by atoms with Gasteiger partial charge in [0, 0.05) is 18.8 Å². The Morgan fingerprint density at radius 2 is 2.05 bits per heavy atom. The van der Waals surface area contributed by atoms with Gasteiger partial charge in [-0.15, -0.1) is 0 Å². The molecule has 0 aromatic carbocycles. The van der Waals surface area contributed by atoms with Crippen LogP contribution < -0.4 is 0 Å². The summed E-state index contributed by atoms with van der Waals surface area (Å²) in [4.78, 5) is 34.7. The van der Waals surface area contributed by atoms with Gasteiger partial charge in [0.1, 0.15) is 11.4 Å². The van der Waals surface area contributed by atoms with Crippen LogP contribution in [0.3, 0.4) is 0 Å². The molecule has 0 aliphatic heterocycles. The van der Waals surface area contributed by atoms with Crippen LogP contribution in [0, 0.1) is 23.2 Å². The Balaban J connectivity index is 1.38. The molecule has 4 fully saturated rings. The monoisotopic (exact) mass is 314 g/mol. The summed E-state index contributed by atoms with van der Waals surface area (Å²) >= 11 is 0. The van der Waals surface area contributed by atoms with E-state index in [1.54, 1.807) is 0 Å². The highest BCUT2D eigenvalue weighted by molar-refractivity contribution is 5.95. The highest BCUT2D eigenvalue weighted by Gasteiger charge is 2.82. The van der Waals surface area contributed by atoms with E-state index in [0.717, 1.165) is 12.8 Å². The Hall–Kier alpha value is -1.53. The second kappa shape index (κ2) is 3.86. The Morgan fingerprint density at radius 1 is 1.32 bits per heavy atom. The van der Waals surface area contributed by atoms with E-state index in [9.17, 15) is 23.2 Å². The molecule has 0 N–H and O–H groups in total. The van der Waals surface area contributed by atoms with E-state index in [0.29, 0.717) is 25.7 Å². The molecule has 4 aliphatic carbocycles. The third-order valence-electron chi connectivity index (χ3n) is 6.10. The standard InChI is InChI=1S/C15H16F2O5/c1-13(16,17)12(20)21-5-10(18)22-14-3-7-2-8-11(19)9(4-14)15(7,8)6-14/h7-9H,2-6H2,1H3. The highest BCUT2D eigenvalue weighted by Crippen LogP contribution is 2.81.